The van der Waals surface area contributed by atoms with Crippen LogP contribution in [-0.4, -0.2) is 40.8 Å². The Morgan fingerprint density at radius 3 is 1.21 bits per heavy atom. The highest BCUT2D eigenvalue weighted by atomic mass is 16.7. The second-order valence-corrected chi connectivity index (χ2v) is 23.0. The number of esters is 1. The van der Waals surface area contributed by atoms with E-state index < -0.39 is 17.0 Å². The molecule has 1 aromatic rings. The maximum atomic E-state index is 12.8. The zero-order valence-electron chi connectivity index (χ0n) is 50.5. The summed E-state index contributed by atoms with van der Waals surface area (Å²) >= 11 is 0. The summed E-state index contributed by atoms with van der Waals surface area (Å²) in [5.74, 6) is 0.117. The Kier molecular flexibility index (Phi) is 52.5. The molecule has 0 aliphatic heterocycles. The van der Waals surface area contributed by atoms with E-state index in [-0.39, 0.29) is 23.5 Å². The van der Waals surface area contributed by atoms with E-state index in [0.717, 1.165) is 83.5 Å². The molecule has 0 spiro atoms. The molecule has 2 atom stereocenters. The second kappa shape index (κ2) is 56.6. The highest BCUT2D eigenvalue weighted by Crippen LogP contribution is 2.23. The van der Waals surface area contributed by atoms with Crippen LogP contribution in [0.15, 0.2) is 48.6 Å². The van der Waals surface area contributed by atoms with Gasteiger partial charge in [-0.3, -0.25) is 19.7 Å². The summed E-state index contributed by atoms with van der Waals surface area (Å²) in [4.78, 5) is 46.2. The van der Waals surface area contributed by atoms with Gasteiger partial charge in [0.05, 0.1) is 11.5 Å². The molecule has 1 aromatic carbocycles. The third-order valence-electron chi connectivity index (χ3n) is 15.6. The molecule has 0 saturated heterocycles. The fourth-order valence-corrected chi connectivity index (χ4v) is 10.5. The van der Waals surface area contributed by atoms with E-state index in [0.29, 0.717) is 25.4 Å². The number of carboxylic acids is 1. The van der Waals surface area contributed by atoms with Crippen LogP contribution in [0.2, 0.25) is 0 Å². The summed E-state index contributed by atoms with van der Waals surface area (Å²) < 4.78 is 16.9. The first-order chi connectivity index (χ1) is 38.2. The maximum absolute atomic E-state index is 12.8. The Morgan fingerprint density at radius 1 is 0.462 bits per heavy atom. The molecule has 0 aromatic heterocycles. The molecule has 0 aliphatic carbocycles. The Hall–Kier alpha value is -3.69. The minimum absolute atomic E-state index is 0.00961. The SMILES string of the molecule is CCCCCCC(CCCC)COC(=O)CCCCCCC/C=C\CCCCCCCCCCCCCCCCCC(CCCCCCCCCCC/C=C\CCCCCCCC(=O)O)OC(=O)Oc1ccc([N+](=O)[O-])cc1. The number of hydrogen-bond donors (Lipinski definition) is 1. The number of aliphatic carboxylic acids is 1. The lowest BCUT2D eigenvalue weighted by Gasteiger charge is -2.18. The lowest BCUT2D eigenvalue weighted by atomic mass is 9.96. The van der Waals surface area contributed by atoms with Gasteiger partial charge in [0, 0.05) is 25.0 Å². The van der Waals surface area contributed by atoms with Crippen molar-refractivity contribution in [1.82, 2.24) is 0 Å². The van der Waals surface area contributed by atoms with Gasteiger partial charge in [-0.1, -0.05) is 244 Å². The smallest absolute Gasteiger partial charge is 0.481 e. The van der Waals surface area contributed by atoms with Gasteiger partial charge >= 0.3 is 18.1 Å². The highest BCUT2D eigenvalue weighted by molar-refractivity contribution is 5.69. The van der Waals surface area contributed by atoms with Crippen molar-refractivity contribution in [2.24, 2.45) is 5.92 Å². The van der Waals surface area contributed by atoms with Crippen molar-refractivity contribution in [2.75, 3.05) is 6.61 Å². The van der Waals surface area contributed by atoms with Gasteiger partial charge in [-0.15, -0.1) is 0 Å². The Balaban J connectivity index is 2.05. The number of carboxylic acid groups (broad SMARTS) is 1. The van der Waals surface area contributed by atoms with Gasteiger partial charge < -0.3 is 19.3 Å². The number of hydrogen-bond acceptors (Lipinski definition) is 8. The monoisotopic (exact) mass is 1090 g/mol. The highest BCUT2D eigenvalue weighted by Gasteiger charge is 2.17. The number of allylic oxidation sites excluding steroid dienone is 4. The predicted molar refractivity (Wildman–Crippen MR) is 327 cm³/mol. The van der Waals surface area contributed by atoms with Crippen LogP contribution in [0.25, 0.3) is 0 Å². The van der Waals surface area contributed by atoms with Gasteiger partial charge in [0.25, 0.3) is 5.69 Å². The van der Waals surface area contributed by atoms with E-state index >= 15 is 0 Å². The first-order valence-electron chi connectivity index (χ1n) is 33.0. The van der Waals surface area contributed by atoms with Crippen LogP contribution in [0.5, 0.6) is 5.75 Å². The quantitative estimate of drug-likeness (QED) is 0.0168. The molecule has 0 heterocycles. The van der Waals surface area contributed by atoms with E-state index in [2.05, 4.69) is 38.2 Å². The van der Waals surface area contributed by atoms with Gasteiger partial charge in [-0.2, -0.15) is 0 Å². The minimum atomic E-state index is -0.734. The van der Waals surface area contributed by atoms with E-state index in [1.54, 1.807) is 0 Å². The number of unbranched alkanes of at least 4 members (excludes halogenated alkanes) is 38. The molecule has 0 fully saturated rings. The van der Waals surface area contributed by atoms with Crippen LogP contribution in [0, 0.1) is 16.0 Å². The van der Waals surface area contributed by atoms with Crippen LogP contribution in [0.3, 0.4) is 0 Å². The Bertz CT molecular complexity index is 1580. The summed E-state index contributed by atoms with van der Waals surface area (Å²) in [6.45, 7) is 5.12. The molecule has 1 N–H and O–H groups in total. The third-order valence-corrected chi connectivity index (χ3v) is 15.6. The number of nitro benzene ring substituents is 1. The number of nitrogens with zero attached hydrogens (tertiary/aromatic N) is 1. The second-order valence-electron chi connectivity index (χ2n) is 23.0. The van der Waals surface area contributed by atoms with Crippen LogP contribution >= 0.6 is 0 Å². The topological polar surface area (TPSA) is 142 Å². The van der Waals surface area contributed by atoms with Gasteiger partial charge in [0.1, 0.15) is 11.9 Å². The Labute approximate surface area is 478 Å². The van der Waals surface area contributed by atoms with Gasteiger partial charge in [0.15, 0.2) is 0 Å². The molecule has 450 valence electrons. The molecule has 0 radical (unpaired) electrons. The molecule has 10 heteroatoms. The summed E-state index contributed by atoms with van der Waals surface area (Å²) in [6, 6.07) is 5.53. The molecule has 78 heavy (non-hydrogen) atoms. The van der Waals surface area contributed by atoms with E-state index in [1.807, 2.05) is 0 Å². The Morgan fingerprint density at radius 2 is 0.808 bits per heavy atom. The number of benzene rings is 1. The van der Waals surface area contributed by atoms with Crippen molar-refractivity contribution in [3.05, 3.63) is 58.7 Å². The van der Waals surface area contributed by atoms with Crippen LogP contribution in [0.4, 0.5) is 10.5 Å². The van der Waals surface area contributed by atoms with Crippen LogP contribution in [0.1, 0.15) is 335 Å². The van der Waals surface area contributed by atoms with Crippen molar-refractivity contribution in [3.8, 4) is 5.75 Å². The van der Waals surface area contributed by atoms with Crippen molar-refractivity contribution in [3.63, 3.8) is 0 Å². The summed E-state index contributed by atoms with van der Waals surface area (Å²) in [7, 11) is 0. The number of nitro groups is 1. The molecular formula is C68H119NO9. The fourth-order valence-electron chi connectivity index (χ4n) is 10.5. The lowest BCUT2D eigenvalue weighted by Crippen LogP contribution is -2.21. The summed E-state index contributed by atoms with van der Waals surface area (Å²) in [5, 5.41) is 19.7. The molecule has 0 bridgehead atoms. The zero-order chi connectivity index (χ0) is 56.5. The van der Waals surface area contributed by atoms with Crippen molar-refractivity contribution >= 4 is 23.8 Å². The average molecular weight is 1090 g/mol. The summed E-state index contributed by atoms with van der Waals surface area (Å²) in [6.07, 6.45) is 67.4. The third kappa shape index (κ3) is 50.5. The maximum Gasteiger partial charge on any atom is 0.514 e. The largest absolute Gasteiger partial charge is 0.514 e. The van der Waals surface area contributed by atoms with Gasteiger partial charge in [-0.25, -0.2) is 4.79 Å². The molecule has 0 saturated carbocycles. The molecule has 0 amide bonds. The predicted octanol–water partition coefficient (Wildman–Crippen LogP) is 22.4. The minimum Gasteiger partial charge on any atom is -0.481 e. The average Bonchev–Trinajstić information content (AvgIpc) is 3.42. The number of non-ortho nitro benzene ring substituents is 1. The molecular weight excluding hydrogens is 975 g/mol. The number of ether oxygens (including phenoxy) is 3. The van der Waals surface area contributed by atoms with Crippen LogP contribution in [-0.2, 0) is 19.1 Å². The number of rotatable bonds is 59. The van der Waals surface area contributed by atoms with Crippen LogP contribution < -0.4 is 4.74 Å². The van der Waals surface area contributed by atoms with E-state index in [9.17, 15) is 24.5 Å². The van der Waals surface area contributed by atoms with E-state index in [4.69, 9.17) is 19.3 Å². The van der Waals surface area contributed by atoms with Crippen molar-refractivity contribution in [2.45, 2.75) is 341 Å². The van der Waals surface area contributed by atoms with Crippen molar-refractivity contribution < 1.29 is 38.6 Å². The molecule has 1 rings (SSSR count). The fraction of sp³-hybridized carbons (Fsp3) is 0.809. The van der Waals surface area contributed by atoms with Gasteiger partial charge in [-0.05, 0) is 121 Å². The molecule has 2 unspecified atom stereocenters. The normalized spacial score (nSPS) is 12.4. The number of carbonyl (C=O) groups is 3. The van der Waals surface area contributed by atoms with Gasteiger partial charge in [0.2, 0.25) is 0 Å². The standard InChI is InChI=1S/C68H119NO9/c1-3-5-7-46-52-62(51-6-4-2)61-76-67(72)56-50-45-41-37-33-29-25-21-15-13-11-9-8-10-12-14-18-22-26-30-34-38-42-47-53-64(77-68(73)78-65-59-57-63(58-60-65)69(74)75)54-48-43-39-35-31-27-23-19-16-17-20-24-28-32-36-40-44-49-55-66(70)71/h20-21,24-25,57-60,62,64H,3-19,22-23,26-56,61H2,1-2H3,(H,70,71)/b24-20-,25-21-. The lowest BCUT2D eigenvalue weighted by molar-refractivity contribution is -0.384. The molecule has 10 nitrogen and oxygen atoms in total. The zero-order valence-corrected chi connectivity index (χ0v) is 50.5. The first kappa shape index (κ1) is 72.3. The van der Waals surface area contributed by atoms with E-state index in [1.165, 1.54) is 249 Å². The first-order valence-corrected chi connectivity index (χ1v) is 33.0. The number of carbonyl (C=O) groups excluding carboxylic acids is 2. The van der Waals surface area contributed by atoms with Crippen molar-refractivity contribution in [1.29, 1.82) is 0 Å². The summed E-state index contributed by atoms with van der Waals surface area (Å²) in [5.41, 5.74) is -0.0478. The molecule has 0 aliphatic rings.